The van der Waals surface area contributed by atoms with Crippen LogP contribution in [0.5, 0.6) is 11.5 Å². The number of nitrogens with one attached hydrogen (secondary N) is 1. The van der Waals surface area contributed by atoms with Crippen LogP contribution in [0.2, 0.25) is 0 Å². The third-order valence-corrected chi connectivity index (χ3v) is 5.89. The Bertz CT molecular complexity index is 1100. The molecule has 0 fully saturated rings. The second kappa shape index (κ2) is 9.82. The zero-order valence-electron chi connectivity index (χ0n) is 17.9. The van der Waals surface area contributed by atoms with Gasteiger partial charge in [0.2, 0.25) is 0 Å². The van der Waals surface area contributed by atoms with Gasteiger partial charge >= 0.3 is 5.97 Å². The SMILES string of the molecule is Cc1nc(COc2ccc(C(=O)OC(C)C(=O)NC3CCOc4ccccc43)cc2)cs1. The Kier molecular flexibility index (Phi) is 6.70. The summed E-state index contributed by atoms with van der Waals surface area (Å²) in [6, 6.07) is 14.0. The molecule has 4 rings (SSSR count). The maximum atomic E-state index is 12.6. The molecule has 0 bridgehead atoms. The van der Waals surface area contributed by atoms with Crippen molar-refractivity contribution in [1.29, 1.82) is 0 Å². The van der Waals surface area contributed by atoms with E-state index in [2.05, 4.69) is 10.3 Å². The third kappa shape index (κ3) is 5.26. The molecule has 32 heavy (non-hydrogen) atoms. The number of nitrogens with zero attached hydrogens (tertiary/aromatic N) is 1. The topological polar surface area (TPSA) is 86.8 Å². The van der Waals surface area contributed by atoms with Crippen molar-refractivity contribution in [2.75, 3.05) is 6.61 Å². The molecule has 7 nitrogen and oxygen atoms in total. The zero-order valence-corrected chi connectivity index (χ0v) is 18.7. The summed E-state index contributed by atoms with van der Waals surface area (Å²) in [6.07, 6.45) is -0.271. The highest BCUT2D eigenvalue weighted by Crippen LogP contribution is 2.31. The van der Waals surface area contributed by atoms with Crippen LogP contribution >= 0.6 is 11.3 Å². The Labute approximate surface area is 190 Å². The zero-order chi connectivity index (χ0) is 22.5. The predicted octanol–water partition coefficient (Wildman–Crippen LogP) is 4.22. The average Bonchev–Trinajstić information content (AvgIpc) is 3.23. The number of hydrogen-bond acceptors (Lipinski definition) is 7. The molecule has 1 aliphatic rings. The van der Waals surface area contributed by atoms with Gasteiger partial charge in [-0.05, 0) is 44.2 Å². The van der Waals surface area contributed by atoms with E-state index in [0.29, 0.717) is 30.9 Å². The van der Waals surface area contributed by atoms with Gasteiger partial charge in [0, 0.05) is 17.4 Å². The van der Waals surface area contributed by atoms with Gasteiger partial charge in [-0.25, -0.2) is 9.78 Å². The Hall–Kier alpha value is -3.39. The lowest BCUT2D eigenvalue weighted by molar-refractivity contribution is -0.130. The standard InChI is InChI=1S/C24H24N2O5S/c1-15(23(27)26-21-11-12-29-22-6-4-3-5-20(21)22)31-24(28)17-7-9-19(10-8-17)30-13-18-14-32-16(2)25-18/h3-10,14-15,21H,11-13H2,1-2H3,(H,26,27). The highest BCUT2D eigenvalue weighted by molar-refractivity contribution is 7.09. The third-order valence-electron chi connectivity index (χ3n) is 5.07. The van der Waals surface area contributed by atoms with E-state index >= 15 is 0 Å². The van der Waals surface area contributed by atoms with Crippen LogP contribution in [0, 0.1) is 6.92 Å². The van der Waals surface area contributed by atoms with Crippen LogP contribution in [0.4, 0.5) is 0 Å². The van der Waals surface area contributed by atoms with Gasteiger partial charge in [0.15, 0.2) is 6.10 Å². The molecule has 2 atom stereocenters. The van der Waals surface area contributed by atoms with Crippen LogP contribution < -0.4 is 14.8 Å². The Morgan fingerprint density at radius 2 is 2.00 bits per heavy atom. The molecule has 2 heterocycles. The summed E-state index contributed by atoms with van der Waals surface area (Å²) >= 11 is 1.57. The van der Waals surface area contributed by atoms with Crippen molar-refractivity contribution in [3.8, 4) is 11.5 Å². The van der Waals surface area contributed by atoms with Crippen LogP contribution in [0.1, 0.15) is 46.0 Å². The molecule has 3 aromatic rings. The number of para-hydroxylation sites is 1. The van der Waals surface area contributed by atoms with Gasteiger partial charge in [-0.2, -0.15) is 0 Å². The number of thiazole rings is 1. The number of fused-ring (bicyclic) bond motifs is 1. The first-order chi connectivity index (χ1) is 15.5. The quantitative estimate of drug-likeness (QED) is 0.540. The van der Waals surface area contributed by atoms with E-state index < -0.39 is 12.1 Å². The molecule has 0 spiro atoms. The van der Waals surface area contributed by atoms with Gasteiger partial charge in [0.05, 0.1) is 28.9 Å². The lowest BCUT2D eigenvalue weighted by Crippen LogP contribution is -2.39. The van der Waals surface area contributed by atoms with E-state index in [-0.39, 0.29) is 11.9 Å². The number of hydrogen-bond donors (Lipinski definition) is 1. The summed E-state index contributed by atoms with van der Waals surface area (Å²) in [7, 11) is 0. The van der Waals surface area contributed by atoms with Gasteiger partial charge in [-0.1, -0.05) is 18.2 Å². The number of amides is 1. The fraction of sp³-hybridized carbons (Fsp3) is 0.292. The average molecular weight is 453 g/mol. The molecule has 0 saturated heterocycles. The van der Waals surface area contributed by atoms with Crippen molar-refractivity contribution in [1.82, 2.24) is 10.3 Å². The smallest absolute Gasteiger partial charge is 0.338 e. The largest absolute Gasteiger partial charge is 0.493 e. The summed E-state index contributed by atoms with van der Waals surface area (Å²) in [4.78, 5) is 29.4. The number of esters is 1. The van der Waals surface area contributed by atoms with Crippen molar-refractivity contribution in [2.24, 2.45) is 0 Å². The van der Waals surface area contributed by atoms with Gasteiger partial charge in [0.1, 0.15) is 18.1 Å². The fourth-order valence-electron chi connectivity index (χ4n) is 3.38. The number of ether oxygens (including phenoxy) is 3. The first-order valence-electron chi connectivity index (χ1n) is 10.4. The second-order valence-electron chi connectivity index (χ2n) is 7.45. The molecule has 1 aliphatic heterocycles. The lowest BCUT2D eigenvalue weighted by Gasteiger charge is -2.27. The van der Waals surface area contributed by atoms with Crippen LogP contribution in [0.25, 0.3) is 0 Å². The normalized spacial score (nSPS) is 15.8. The van der Waals surface area contributed by atoms with Crippen molar-refractivity contribution in [3.63, 3.8) is 0 Å². The maximum Gasteiger partial charge on any atom is 0.338 e. The van der Waals surface area contributed by atoms with E-state index in [1.165, 1.54) is 0 Å². The summed E-state index contributed by atoms with van der Waals surface area (Å²) in [5.74, 6) is 0.470. The van der Waals surface area contributed by atoms with Gasteiger partial charge < -0.3 is 19.5 Å². The van der Waals surface area contributed by atoms with Crippen molar-refractivity contribution >= 4 is 23.2 Å². The molecule has 2 aromatic carbocycles. The van der Waals surface area contributed by atoms with Crippen LogP contribution in [-0.4, -0.2) is 29.6 Å². The molecule has 8 heteroatoms. The number of benzene rings is 2. The van der Waals surface area contributed by atoms with Gasteiger partial charge in [-0.15, -0.1) is 11.3 Å². The van der Waals surface area contributed by atoms with E-state index in [1.54, 1.807) is 42.5 Å². The first kappa shape index (κ1) is 21.8. The number of aromatic nitrogens is 1. The van der Waals surface area contributed by atoms with E-state index in [4.69, 9.17) is 14.2 Å². The van der Waals surface area contributed by atoms with Crippen molar-refractivity contribution in [3.05, 3.63) is 75.7 Å². The van der Waals surface area contributed by atoms with Crippen LogP contribution in [0.3, 0.4) is 0 Å². The molecular weight excluding hydrogens is 428 g/mol. The minimum absolute atomic E-state index is 0.175. The van der Waals surface area contributed by atoms with E-state index in [1.807, 2.05) is 36.6 Å². The Balaban J connectivity index is 1.30. The highest BCUT2D eigenvalue weighted by atomic mass is 32.1. The second-order valence-corrected chi connectivity index (χ2v) is 8.52. The molecule has 0 radical (unpaired) electrons. The minimum Gasteiger partial charge on any atom is -0.493 e. The monoisotopic (exact) mass is 452 g/mol. The number of carbonyl (C=O) groups excluding carboxylic acids is 2. The van der Waals surface area contributed by atoms with Crippen LogP contribution in [-0.2, 0) is 16.1 Å². The Morgan fingerprint density at radius 3 is 2.75 bits per heavy atom. The molecule has 0 saturated carbocycles. The molecule has 1 amide bonds. The van der Waals surface area contributed by atoms with Crippen molar-refractivity contribution < 1.29 is 23.8 Å². The Morgan fingerprint density at radius 1 is 1.22 bits per heavy atom. The van der Waals surface area contributed by atoms with Gasteiger partial charge in [0.25, 0.3) is 5.91 Å². The fourth-order valence-corrected chi connectivity index (χ4v) is 3.98. The summed E-state index contributed by atoms with van der Waals surface area (Å²) in [5.41, 5.74) is 2.13. The minimum atomic E-state index is -0.929. The lowest BCUT2D eigenvalue weighted by atomic mass is 10.0. The number of aryl methyl sites for hydroxylation is 1. The maximum absolute atomic E-state index is 12.6. The molecule has 1 N–H and O–H groups in total. The van der Waals surface area contributed by atoms with Gasteiger partial charge in [-0.3, -0.25) is 4.79 Å². The molecule has 1 aromatic heterocycles. The molecule has 0 aliphatic carbocycles. The number of carbonyl (C=O) groups is 2. The summed E-state index contributed by atoms with van der Waals surface area (Å²) in [6.45, 7) is 4.39. The highest BCUT2D eigenvalue weighted by Gasteiger charge is 2.26. The van der Waals surface area contributed by atoms with Crippen LogP contribution in [0.15, 0.2) is 53.9 Å². The van der Waals surface area contributed by atoms with E-state index in [0.717, 1.165) is 22.0 Å². The predicted molar refractivity (Wildman–Crippen MR) is 120 cm³/mol. The summed E-state index contributed by atoms with van der Waals surface area (Å²) in [5, 5.41) is 5.89. The molecule has 2 unspecified atom stereocenters. The number of rotatable bonds is 7. The van der Waals surface area contributed by atoms with E-state index in [9.17, 15) is 9.59 Å². The summed E-state index contributed by atoms with van der Waals surface area (Å²) < 4.78 is 16.7. The molecule has 166 valence electrons. The first-order valence-corrected chi connectivity index (χ1v) is 11.2. The van der Waals surface area contributed by atoms with Crippen molar-refractivity contribution in [2.45, 2.75) is 39.0 Å². The molecular formula is C24H24N2O5S.